The van der Waals surface area contributed by atoms with E-state index in [1.165, 1.54) is 11.8 Å². The lowest BCUT2D eigenvalue weighted by atomic mass is 10.3. The Labute approximate surface area is 115 Å². The van der Waals surface area contributed by atoms with Crippen LogP contribution < -0.4 is 11.1 Å². The van der Waals surface area contributed by atoms with E-state index in [-0.39, 0.29) is 5.91 Å². The predicted molar refractivity (Wildman–Crippen MR) is 77.2 cm³/mol. The molecule has 0 aliphatic carbocycles. The Morgan fingerprint density at radius 2 is 2.29 bits per heavy atom. The topological polar surface area (TPSA) is 55.1 Å². The zero-order valence-corrected chi connectivity index (χ0v) is 12.2. The highest BCUT2D eigenvalue weighted by atomic mass is 79.9. The highest BCUT2D eigenvalue weighted by Gasteiger charge is 2.05. The van der Waals surface area contributed by atoms with Gasteiger partial charge in [-0.3, -0.25) is 4.79 Å². The molecule has 0 heterocycles. The minimum Gasteiger partial charge on any atom is -0.398 e. The van der Waals surface area contributed by atoms with E-state index in [1.807, 2.05) is 18.2 Å². The van der Waals surface area contributed by atoms with E-state index in [0.717, 1.165) is 28.8 Å². The highest BCUT2D eigenvalue weighted by Crippen LogP contribution is 2.27. The Morgan fingerprint density at radius 1 is 1.53 bits per heavy atom. The van der Waals surface area contributed by atoms with Crippen molar-refractivity contribution in [3.63, 3.8) is 0 Å². The van der Waals surface area contributed by atoms with Gasteiger partial charge in [0, 0.05) is 21.6 Å². The van der Waals surface area contributed by atoms with Crippen molar-refractivity contribution >= 4 is 39.3 Å². The maximum absolute atomic E-state index is 11.5. The molecule has 0 saturated carbocycles. The van der Waals surface area contributed by atoms with Gasteiger partial charge in [-0.25, -0.2) is 0 Å². The van der Waals surface area contributed by atoms with Crippen molar-refractivity contribution in [3.05, 3.63) is 22.7 Å². The number of amides is 1. The van der Waals surface area contributed by atoms with E-state index in [0.29, 0.717) is 11.4 Å². The van der Waals surface area contributed by atoms with Gasteiger partial charge in [0.25, 0.3) is 0 Å². The first kappa shape index (κ1) is 14.4. The molecule has 1 amide bonds. The van der Waals surface area contributed by atoms with Crippen molar-refractivity contribution in [2.45, 2.75) is 24.7 Å². The van der Waals surface area contributed by atoms with Crippen LogP contribution >= 0.6 is 27.7 Å². The number of rotatable bonds is 6. The van der Waals surface area contributed by atoms with Crippen molar-refractivity contribution in [1.82, 2.24) is 5.32 Å². The Bertz CT molecular complexity index is 385. The summed E-state index contributed by atoms with van der Waals surface area (Å²) in [5, 5.41) is 2.88. The zero-order valence-electron chi connectivity index (χ0n) is 9.83. The smallest absolute Gasteiger partial charge is 0.230 e. The van der Waals surface area contributed by atoms with Crippen LogP contribution in [0.2, 0.25) is 0 Å². The van der Waals surface area contributed by atoms with Gasteiger partial charge in [0.05, 0.1) is 5.75 Å². The van der Waals surface area contributed by atoms with Crippen LogP contribution in [-0.4, -0.2) is 18.2 Å². The summed E-state index contributed by atoms with van der Waals surface area (Å²) in [5.74, 6) is 0.465. The van der Waals surface area contributed by atoms with Crippen molar-refractivity contribution in [2.75, 3.05) is 18.0 Å². The van der Waals surface area contributed by atoms with Gasteiger partial charge in [0.1, 0.15) is 0 Å². The molecule has 17 heavy (non-hydrogen) atoms. The molecule has 0 aromatic heterocycles. The molecule has 1 rings (SSSR count). The van der Waals surface area contributed by atoms with Crippen LogP contribution in [0.15, 0.2) is 27.6 Å². The van der Waals surface area contributed by atoms with Gasteiger partial charge in [-0.1, -0.05) is 29.3 Å². The number of hydrogen-bond donors (Lipinski definition) is 2. The van der Waals surface area contributed by atoms with E-state index in [9.17, 15) is 4.79 Å². The van der Waals surface area contributed by atoms with Crippen LogP contribution in [0, 0.1) is 0 Å². The van der Waals surface area contributed by atoms with Crippen molar-refractivity contribution in [2.24, 2.45) is 0 Å². The highest BCUT2D eigenvalue weighted by molar-refractivity contribution is 9.10. The molecule has 0 radical (unpaired) electrons. The quantitative estimate of drug-likeness (QED) is 0.482. The summed E-state index contributed by atoms with van der Waals surface area (Å²) >= 11 is 4.85. The van der Waals surface area contributed by atoms with Crippen LogP contribution in [0.4, 0.5) is 5.69 Å². The van der Waals surface area contributed by atoms with E-state index in [4.69, 9.17) is 5.73 Å². The van der Waals surface area contributed by atoms with Crippen LogP contribution in [0.25, 0.3) is 0 Å². The number of benzene rings is 1. The molecular formula is C12H17BrN2OS. The third-order valence-corrected chi connectivity index (χ3v) is 3.75. The summed E-state index contributed by atoms with van der Waals surface area (Å²) < 4.78 is 0.973. The van der Waals surface area contributed by atoms with E-state index < -0.39 is 0 Å². The number of nitrogens with two attached hydrogens (primary N) is 1. The molecule has 0 spiro atoms. The molecule has 3 N–H and O–H groups in total. The molecule has 0 bridgehead atoms. The lowest BCUT2D eigenvalue weighted by Gasteiger charge is -2.06. The average Bonchev–Trinajstić information content (AvgIpc) is 2.31. The molecule has 5 heteroatoms. The fraction of sp³-hybridized carbons (Fsp3) is 0.417. The van der Waals surface area contributed by atoms with Gasteiger partial charge in [-0.15, -0.1) is 11.8 Å². The predicted octanol–water partition coefficient (Wildman–Crippen LogP) is 3.04. The van der Waals surface area contributed by atoms with E-state index >= 15 is 0 Å². The van der Waals surface area contributed by atoms with Crippen LogP contribution in [0.3, 0.4) is 0 Å². The first-order valence-electron chi connectivity index (χ1n) is 5.58. The molecule has 0 aliphatic rings. The number of anilines is 1. The molecule has 3 nitrogen and oxygen atoms in total. The third-order valence-electron chi connectivity index (χ3n) is 2.19. The molecule has 1 aromatic rings. The van der Waals surface area contributed by atoms with Gasteiger partial charge in [0.15, 0.2) is 0 Å². The van der Waals surface area contributed by atoms with Gasteiger partial charge >= 0.3 is 0 Å². The van der Waals surface area contributed by atoms with Crippen LogP contribution in [-0.2, 0) is 4.79 Å². The Balaban J connectivity index is 2.39. The minimum absolute atomic E-state index is 0.0582. The lowest BCUT2D eigenvalue weighted by molar-refractivity contribution is -0.118. The second kappa shape index (κ2) is 7.61. The largest absolute Gasteiger partial charge is 0.398 e. The fourth-order valence-corrected chi connectivity index (χ4v) is 2.58. The number of halogens is 1. The Morgan fingerprint density at radius 3 is 3.00 bits per heavy atom. The Hall–Kier alpha value is -0.680. The lowest BCUT2D eigenvalue weighted by Crippen LogP contribution is -2.26. The molecular weight excluding hydrogens is 300 g/mol. The average molecular weight is 317 g/mol. The number of nitrogens with one attached hydrogen (secondary N) is 1. The molecule has 0 atom stereocenters. The number of hydrogen-bond acceptors (Lipinski definition) is 3. The maximum atomic E-state index is 11.5. The summed E-state index contributed by atoms with van der Waals surface area (Å²) in [7, 11) is 0. The molecule has 1 aromatic carbocycles. The second-order valence-corrected chi connectivity index (χ2v) is 5.61. The molecule has 0 fully saturated rings. The fourth-order valence-electron chi connectivity index (χ4n) is 1.23. The monoisotopic (exact) mass is 316 g/mol. The Kier molecular flexibility index (Phi) is 6.44. The number of unbranched alkanes of at least 4 members (excludes halogenated alkanes) is 1. The summed E-state index contributed by atoms with van der Waals surface area (Å²) in [6.07, 6.45) is 2.11. The first-order valence-corrected chi connectivity index (χ1v) is 7.36. The van der Waals surface area contributed by atoms with Crippen molar-refractivity contribution in [1.29, 1.82) is 0 Å². The number of carbonyl (C=O) groups excluding carboxylic acids is 1. The molecule has 0 unspecified atom stereocenters. The standard InChI is InChI=1S/C12H17BrN2OS/c1-2-3-6-15-12(16)8-17-11-7-9(13)4-5-10(11)14/h4-5,7H,2-3,6,8,14H2,1H3,(H,15,16). The first-order chi connectivity index (χ1) is 8.13. The summed E-state index contributed by atoms with van der Waals surface area (Å²) in [6, 6.07) is 5.65. The molecule has 0 saturated heterocycles. The van der Waals surface area contributed by atoms with E-state index in [2.05, 4.69) is 28.2 Å². The minimum atomic E-state index is 0.0582. The van der Waals surface area contributed by atoms with Gasteiger partial charge in [0.2, 0.25) is 5.91 Å². The van der Waals surface area contributed by atoms with E-state index in [1.54, 1.807) is 0 Å². The van der Waals surface area contributed by atoms with Crippen molar-refractivity contribution < 1.29 is 4.79 Å². The van der Waals surface area contributed by atoms with Crippen LogP contribution in [0.5, 0.6) is 0 Å². The number of carbonyl (C=O) groups is 1. The summed E-state index contributed by atoms with van der Waals surface area (Å²) in [6.45, 7) is 2.85. The third kappa shape index (κ3) is 5.46. The summed E-state index contributed by atoms with van der Waals surface area (Å²) in [5.41, 5.74) is 6.53. The molecule has 0 aliphatic heterocycles. The number of thioether (sulfide) groups is 1. The van der Waals surface area contributed by atoms with Gasteiger partial charge in [-0.2, -0.15) is 0 Å². The van der Waals surface area contributed by atoms with Gasteiger partial charge < -0.3 is 11.1 Å². The second-order valence-electron chi connectivity index (χ2n) is 3.67. The normalized spacial score (nSPS) is 10.2. The molecule has 94 valence electrons. The maximum Gasteiger partial charge on any atom is 0.230 e. The summed E-state index contributed by atoms with van der Waals surface area (Å²) in [4.78, 5) is 12.4. The van der Waals surface area contributed by atoms with Crippen LogP contribution in [0.1, 0.15) is 19.8 Å². The number of nitrogen functional groups attached to an aromatic ring is 1. The zero-order chi connectivity index (χ0) is 12.7. The SMILES string of the molecule is CCCCNC(=O)CSc1cc(Br)ccc1N. The van der Waals surface area contributed by atoms with Crippen molar-refractivity contribution in [3.8, 4) is 0 Å². The van der Waals surface area contributed by atoms with Gasteiger partial charge in [-0.05, 0) is 24.6 Å².